The average molecular weight is 508 g/mol. The Morgan fingerprint density at radius 1 is 1.19 bits per heavy atom. The van der Waals surface area contributed by atoms with Crippen LogP contribution in [0, 0.1) is 6.92 Å². The van der Waals surface area contributed by atoms with Gasteiger partial charge in [0.25, 0.3) is 0 Å². The van der Waals surface area contributed by atoms with Crippen LogP contribution in [0.2, 0.25) is 5.02 Å². The number of ether oxygens (including phenoxy) is 2. The third-order valence-electron chi connectivity index (χ3n) is 6.20. The molecule has 4 rings (SSSR count). The Morgan fingerprint density at radius 3 is 2.78 bits per heavy atom. The third kappa shape index (κ3) is 6.47. The summed E-state index contributed by atoms with van der Waals surface area (Å²) >= 11 is 6.44. The molecule has 0 unspecified atom stereocenters. The van der Waals surface area contributed by atoms with Crippen LogP contribution in [0.5, 0.6) is 11.5 Å². The molecule has 0 aliphatic carbocycles. The second-order valence-electron chi connectivity index (χ2n) is 8.79. The summed E-state index contributed by atoms with van der Waals surface area (Å²) in [5, 5.41) is 8.26. The largest absolute Gasteiger partial charge is 0.493 e. The predicted octanol–water partition coefficient (Wildman–Crippen LogP) is 6.14. The highest BCUT2D eigenvalue weighted by atomic mass is 35.5. The molecule has 0 atom stereocenters. The molecule has 0 radical (unpaired) electrons. The normalized spacial score (nSPS) is 14.1. The summed E-state index contributed by atoms with van der Waals surface area (Å²) < 4.78 is 11.8. The SMILES string of the molecule is C=CCN=C(Nc1c(C)cccc1Cl)Nc1ccnc2cc(OCCCN3CCCC3)c(OC)cc12. The molecule has 0 spiro atoms. The zero-order valence-electron chi connectivity index (χ0n) is 21.0. The number of fused-ring (bicyclic) bond motifs is 1. The molecule has 7 nitrogen and oxygen atoms in total. The fourth-order valence-electron chi connectivity index (χ4n) is 4.31. The summed E-state index contributed by atoms with van der Waals surface area (Å²) in [7, 11) is 1.65. The molecule has 8 heteroatoms. The van der Waals surface area contributed by atoms with E-state index in [1.165, 1.54) is 25.9 Å². The Labute approximate surface area is 218 Å². The van der Waals surface area contributed by atoms with Crippen LogP contribution < -0.4 is 20.1 Å². The maximum Gasteiger partial charge on any atom is 0.200 e. The summed E-state index contributed by atoms with van der Waals surface area (Å²) in [6, 6.07) is 11.6. The van der Waals surface area contributed by atoms with Crippen LogP contribution in [0.15, 0.2) is 60.2 Å². The van der Waals surface area contributed by atoms with E-state index in [-0.39, 0.29) is 0 Å². The van der Waals surface area contributed by atoms with Crippen LogP contribution in [-0.2, 0) is 0 Å². The number of halogens is 1. The van der Waals surface area contributed by atoms with E-state index < -0.39 is 0 Å². The third-order valence-corrected chi connectivity index (χ3v) is 6.51. The van der Waals surface area contributed by atoms with Crippen molar-refractivity contribution < 1.29 is 9.47 Å². The first-order chi connectivity index (χ1) is 17.6. The van der Waals surface area contributed by atoms with Gasteiger partial charge >= 0.3 is 0 Å². The molecular weight excluding hydrogens is 474 g/mol. The van der Waals surface area contributed by atoms with Crippen molar-refractivity contribution in [3.05, 3.63) is 65.8 Å². The van der Waals surface area contributed by atoms with Gasteiger partial charge in [-0.15, -0.1) is 6.58 Å². The number of pyridine rings is 1. The van der Waals surface area contributed by atoms with Crippen LogP contribution in [0.1, 0.15) is 24.8 Å². The van der Waals surface area contributed by atoms with Crippen molar-refractivity contribution in [3.63, 3.8) is 0 Å². The lowest BCUT2D eigenvalue weighted by molar-refractivity contribution is 0.254. The number of guanidine groups is 1. The first-order valence-corrected chi connectivity index (χ1v) is 12.7. The van der Waals surface area contributed by atoms with Crippen LogP contribution in [-0.4, -0.2) is 55.7 Å². The Kier molecular flexibility index (Phi) is 9.03. The summed E-state index contributed by atoms with van der Waals surface area (Å²) in [6.07, 6.45) is 7.08. The summed E-state index contributed by atoms with van der Waals surface area (Å²) in [6.45, 7) is 10.3. The monoisotopic (exact) mass is 507 g/mol. The standard InChI is InChI=1S/C28H34ClN5O2/c1-4-12-31-28(33-27-20(2)9-7-10-22(27)29)32-23-11-13-30-24-19-26(25(35-3)18-21(23)24)36-17-8-16-34-14-5-6-15-34/h4,7,9-11,13,18-19H,1,5-6,8,12,14-17H2,2-3H3,(H2,30,31,32,33). The first-order valence-electron chi connectivity index (χ1n) is 12.4. The van der Waals surface area contributed by atoms with Crippen LogP contribution in [0.3, 0.4) is 0 Å². The highest BCUT2D eigenvalue weighted by molar-refractivity contribution is 6.34. The van der Waals surface area contributed by atoms with E-state index in [1.807, 2.05) is 43.3 Å². The van der Waals surface area contributed by atoms with Crippen molar-refractivity contribution in [1.29, 1.82) is 0 Å². The molecule has 0 saturated carbocycles. The van der Waals surface area contributed by atoms with Crippen molar-refractivity contribution in [2.45, 2.75) is 26.2 Å². The molecule has 2 N–H and O–H groups in total. The van der Waals surface area contributed by atoms with Crippen LogP contribution >= 0.6 is 11.6 Å². The van der Waals surface area contributed by atoms with Gasteiger partial charge < -0.3 is 25.0 Å². The lowest BCUT2D eigenvalue weighted by Crippen LogP contribution is -2.23. The minimum atomic E-state index is 0.445. The molecule has 0 amide bonds. The minimum Gasteiger partial charge on any atom is -0.493 e. The number of para-hydroxylation sites is 1. The summed E-state index contributed by atoms with van der Waals surface area (Å²) in [5.41, 5.74) is 3.45. The van der Waals surface area contributed by atoms with Gasteiger partial charge in [-0.1, -0.05) is 29.8 Å². The molecule has 2 heterocycles. The first kappa shape index (κ1) is 25.8. The lowest BCUT2D eigenvalue weighted by atomic mass is 10.1. The minimum absolute atomic E-state index is 0.445. The van der Waals surface area contributed by atoms with Gasteiger partial charge in [-0.2, -0.15) is 0 Å². The number of methoxy groups -OCH3 is 1. The predicted molar refractivity (Wildman–Crippen MR) is 150 cm³/mol. The lowest BCUT2D eigenvalue weighted by Gasteiger charge is -2.18. The zero-order chi connectivity index (χ0) is 25.3. The summed E-state index contributed by atoms with van der Waals surface area (Å²) in [5.74, 6) is 1.92. The van der Waals surface area contributed by atoms with Crippen molar-refractivity contribution in [2.75, 3.05) is 50.5 Å². The number of rotatable bonds is 10. The molecule has 1 saturated heterocycles. The number of hydrogen-bond acceptors (Lipinski definition) is 5. The van der Waals surface area contributed by atoms with Crippen molar-refractivity contribution in [2.24, 2.45) is 4.99 Å². The maximum absolute atomic E-state index is 6.44. The van der Waals surface area contributed by atoms with E-state index in [2.05, 4.69) is 32.1 Å². The van der Waals surface area contributed by atoms with Gasteiger partial charge in [0.15, 0.2) is 11.5 Å². The zero-order valence-corrected chi connectivity index (χ0v) is 21.8. The van der Waals surface area contributed by atoms with E-state index in [1.54, 1.807) is 19.4 Å². The van der Waals surface area contributed by atoms with Crippen LogP contribution in [0.4, 0.5) is 11.4 Å². The van der Waals surface area contributed by atoms with Gasteiger partial charge in [-0.3, -0.25) is 4.98 Å². The number of nitrogens with one attached hydrogen (secondary N) is 2. The number of aryl methyl sites for hydroxylation is 1. The molecule has 3 aromatic rings. The van der Waals surface area contributed by atoms with E-state index in [9.17, 15) is 0 Å². The van der Waals surface area contributed by atoms with Gasteiger partial charge in [0, 0.05) is 24.2 Å². The molecule has 1 aromatic heterocycles. The molecule has 36 heavy (non-hydrogen) atoms. The number of aliphatic imine (C=N–C) groups is 1. The van der Waals surface area contributed by atoms with Crippen LogP contribution in [0.25, 0.3) is 10.9 Å². The molecule has 190 valence electrons. The fourth-order valence-corrected chi connectivity index (χ4v) is 4.58. The second kappa shape index (κ2) is 12.6. The number of hydrogen-bond donors (Lipinski definition) is 2. The van der Waals surface area contributed by atoms with Crippen molar-refractivity contribution in [1.82, 2.24) is 9.88 Å². The van der Waals surface area contributed by atoms with E-state index in [0.29, 0.717) is 35.6 Å². The average Bonchev–Trinajstić information content (AvgIpc) is 3.40. The van der Waals surface area contributed by atoms with Gasteiger partial charge in [-0.25, -0.2) is 4.99 Å². The van der Waals surface area contributed by atoms with E-state index in [0.717, 1.165) is 40.8 Å². The fraction of sp³-hybridized carbons (Fsp3) is 0.357. The second-order valence-corrected chi connectivity index (χ2v) is 9.20. The number of anilines is 2. The Hall–Kier alpha value is -3.29. The number of benzene rings is 2. The quantitative estimate of drug-likeness (QED) is 0.149. The molecular formula is C28H34ClN5O2. The van der Waals surface area contributed by atoms with Gasteiger partial charge in [0.2, 0.25) is 5.96 Å². The van der Waals surface area contributed by atoms with E-state index in [4.69, 9.17) is 21.1 Å². The molecule has 1 fully saturated rings. The number of likely N-dealkylation sites (tertiary alicyclic amines) is 1. The van der Waals surface area contributed by atoms with E-state index >= 15 is 0 Å². The topological polar surface area (TPSA) is 71.0 Å². The number of aromatic nitrogens is 1. The summed E-state index contributed by atoms with van der Waals surface area (Å²) in [4.78, 5) is 11.7. The smallest absolute Gasteiger partial charge is 0.200 e. The van der Waals surface area contributed by atoms with Crippen molar-refractivity contribution >= 4 is 39.8 Å². The molecule has 1 aliphatic heterocycles. The Bertz CT molecular complexity index is 1200. The molecule has 2 aromatic carbocycles. The highest BCUT2D eigenvalue weighted by Gasteiger charge is 2.14. The van der Waals surface area contributed by atoms with Gasteiger partial charge in [0.1, 0.15) is 0 Å². The Morgan fingerprint density at radius 2 is 2.03 bits per heavy atom. The van der Waals surface area contributed by atoms with Crippen molar-refractivity contribution in [3.8, 4) is 11.5 Å². The van der Waals surface area contributed by atoms with Gasteiger partial charge in [0.05, 0.1) is 42.2 Å². The molecule has 0 bridgehead atoms. The molecule has 1 aliphatic rings. The number of nitrogens with zero attached hydrogens (tertiary/aromatic N) is 3. The maximum atomic E-state index is 6.44. The Balaban J connectivity index is 1.54. The highest BCUT2D eigenvalue weighted by Crippen LogP contribution is 2.35. The van der Waals surface area contributed by atoms with Gasteiger partial charge in [-0.05, 0) is 63.0 Å².